The lowest BCUT2D eigenvalue weighted by Gasteiger charge is -2.45. The van der Waals surface area contributed by atoms with Gasteiger partial charge < -0.3 is 14.4 Å². The first-order valence-corrected chi connectivity index (χ1v) is 11.8. The van der Waals surface area contributed by atoms with Gasteiger partial charge in [0.2, 0.25) is 0 Å². The molecule has 28 heavy (non-hydrogen) atoms. The Balaban J connectivity index is 1.34. The molecule has 3 saturated heterocycles. The molecule has 2 aliphatic carbocycles. The van der Waals surface area contributed by atoms with Gasteiger partial charge in [-0.25, -0.2) is 0 Å². The molecule has 5 aliphatic rings. The summed E-state index contributed by atoms with van der Waals surface area (Å²) in [6.45, 7) is 14.9. The van der Waals surface area contributed by atoms with Crippen molar-refractivity contribution in [1.29, 1.82) is 0 Å². The SMILES string of the molecule is C[C@H]1CCN(C[C@@H]2C(=O)O[C@H]3[C@H]2C[C@@H](C)[C@@H]2CC[C@@]4(C)O[C@H]4[C@H]23)CC(C)(C)C1. The fourth-order valence-electron chi connectivity index (χ4n) is 7.71. The molecule has 0 N–H and O–H groups in total. The topological polar surface area (TPSA) is 42.1 Å². The van der Waals surface area contributed by atoms with Gasteiger partial charge in [0.05, 0.1) is 17.6 Å². The third kappa shape index (κ3) is 3.14. The highest BCUT2D eigenvalue weighted by Crippen LogP contribution is 2.61. The smallest absolute Gasteiger partial charge is 0.310 e. The van der Waals surface area contributed by atoms with E-state index < -0.39 is 0 Å². The Morgan fingerprint density at radius 3 is 2.71 bits per heavy atom. The van der Waals surface area contributed by atoms with E-state index in [2.05, 4.69) is 39.5 Å². The molecular weight excluding hydrogens is 350 g/mol. The maximum Gasteiger partial charge on any atom is 0.310 e. The van der Waals surface area contributed by atoms with Gasteiger partial charge in [0.1, 0.15) is 6.10 Å². The molecule has 0 radical (unpaired) electrons. The minimum Gasteiger partial charge on any atom is -0.461 e. The molecule has 3 heterocycles. The van der Waals surface area contributed by atoms with Gasteiger partial charge in [0, 0.05) is 24.9 Å². The van der Waals surface area contributed by atoms with Crippen molar-refractivity contribution in [2.45, 2.75) is 84.5 Å². The fourth-order valence-corrected chi connectivity index (χ4v) is 7.71. The van der Waals surface area contributed by atoms with Crippen molar-refractivity contribution in [3.05, 3.63) is 0 Å². The van der Waals surface area contributed by atoms with Crippen molar-refractivity contribution >= 4 is 5.97 Å². The van der Waals surface area contributed by atoms with Gasteiger partial charge in [-0.1, -0.05) is 27.7 Å². The summed E-state index contributed by atoms with van der Waals surface area (Å²) in [5.74, 6) is 3.08. The van der Waals surface area contributed by atoms with E-state index in [9.17, 15) is 4.79 Å². The Hall–Kier alpha value is -0.610. The van der Waals surface area contributed by atoms with E-state index in [-0.39, 0.29) is 23.6 Å². The van der Waals surface area contributed by atoms with Crippen molar-refractivity contribution in [3.8, 4) is 0 Å². The number of ether oxygens (including phenoxy) is 2. The molecule has 4 heteroatoms. The minimum atomic E-state index is 0.0598. The number of carbonyl (C=O) groups excluding carboxylic acids is 1. The Morgan fingerprint density at radius 2 is 1.93 bits per heavy atom. The first kappa shape index (κ1) is 19.4. The number of hydrogen-bond acceptors (Lipinski definition) is 4. The average molecular weight is 390 g/mol. The largest absolute Gasteiger partial charge is 0.461 e. The summed E-state index contributed by atoms with van der Waals surface area (Å²) in [5.41, 5.74) is 0.397. The monoisotopic (exact) mass is 389 g/mol. The first-order chi connectivity index (χ1) is 13.2. The van der Waals surface area contributed by atoms with Crippen molar-refractivity contribution in [3.63, 3.8) is 0 Å². The highest BCUT2D eigenvalue weighted by atomic mass is 16.6. The van der Waals surface area contributed by atoms with Gasteiger partial charge in [-0.15, -0.1) is 0 Å². The van der Waals surface area contributed by atoms with E-state index in [1.807, 2.05) is 0 Å². The summed E-state index contributed by atoms with van der Waals surface area (Å²) in [6.07, 6.45) is 6.52. The van der Waals surface area contributed by atoms with Gasteiger partial charge >= 0.3 is 5.97 Å². The van der Waals surface area contributed by atoms with Gasteiger partial charge in [0.25, 0.3) is 0 Å². The molecule has 2 saturated carbocycles. The summed E-state index contributed by atoms with van der Waals surface area (Å²) >= 11 is 0. The molecule has 5 fully saturated rings. The molecule has 0 aromatic heterocycles. The summed E-state index contributed by atoms with van der Waals surface area (Å²) in [6, 6.07) is 0. The van der Waals surface area contributed by atoms with Crippen LogP contribution >= 0.6 is 0 Å². The van der Waals surface area contributed by atoms with Crippen LogP contribution in [0, 0.1) is 40.9 Å². The number of esters is 1. The van der Waals surface area contributed by atoms with E-state index in [4.69, 9.17) is 9.47 Å². The van der Waals surface area contributed by atoms with E-state index in [0.29, 0.717) is 35.2 Å². The number of likely N-dealkylation sites (tertiary alicyclic amines) is 1. The lowest BCUT2D eigenvalue weighted by molar-refractivity contribution is -0.149. The molecule has 0 bridgehead atoms. The van der Waals surface area contributed by atoms with Crippen LogP contribution in [0.15, 0.2) is 0 Å². The zero-order chi connectivity index (χ0) is 19.8. The number of hydrogen-bond donors (Lipinski definition) is 0. The lowest BCUT2D eigenvalue weighted by Crippen LogP contribution is -2.49. The van der Waals surface area contributed by atoms with Crippen molar-refractivity contribution in [1.82, 2.24) is 4.90 Å². The molecule has 0 unspecified atom stereocenters. The summed E-state index contributed by atoms with van der Waals surface area (Å²) in [4.78, 5) is 15.6. The normalized spacial score (nSPS) is 52.8. The third-order valence-electron chi connectivity index (χ3n) is 8.95. The number of rotatable bonds is 2. The van der Waals surface area contributed by atoms with E-state index in [0.717, 1.165) is 32.0 Å². The Labute approximate surface area is 170 Å². The van der Waals surface area contributed by atoms with Crippen LogP contribution in [-0.2, 0) is 14.3 Å². The molecular formula is C24H39NO3. The Morgan fingerprint density at radius 1 is 1.14 bits per heavy atom. The zero-order valence-corrected chi connectivity index (χ0v) is 18.4. The molecule has 4 nitrogen and oxygen atoms in total. The first-order valence-electron chi connectivity index (χ1n) is 11.8. The molecule has 3 aliphatic heterocycles. The predicted octanol–water partition coefficient (Wildman–Crippen LogP) is 4.13. The van der Waals surface area contributed by atoms with Crippen LogP contribution in [0.2, 0.25) is 0 Å². The summed E-state index contributed by atoms with van der Waals surface area (Å²) in [7, 11) is 0. The lowest BCUT2D eigenvalue weighted by atomic mass is 9.58. The van der Waals surface area contributed by atoms with Crippen LogP contribution in [0.1, 0.15) is 66.7 Å². The maximum atomic E-state index is 13.0. The molecule has 0 spiro atoms. The van der Waals surface area contributed by atoms with Crippen molar-refractivity contribution in [2.24, 2.45) is 40.9 Å². The average Bonchev–Trinajstić information content (AvgIpc) is 3.23. The van der Waals surface area contributed by atoms with Gasteiger partial charge in [-0.3, -0.25) is 4.79 Å². The fraction of sp³-hybridized carbons (Fsp3) is 0.958. The van der Waals surface area contributed by atoms with Gasteiger partial charge in [-0.2, -0.15) is 0 Å². The highest BCUT2D eigenvalue weighted by molar-refractivity contribution is 5.75. The van der Waals surface area contributed by atoms with Crippen LogP contribution in [0.3, 0.4) is 0 Å². The number of carbonyl (C=O) groups is 1. The van der Waals surface area contributed by atoms with E-state index in [1.165, 1.54) is 25.7 Å². The molecule has 0 aromatic rings. The van der Waals surface area contributed by atoms with Crippen LogP contribution in [0.25, 0.3) is 0 Å². The van der Waals surface area contributed by atoms with E-state index >= 15 is 0 Å². The zero-order valence-electron chi connectivity index (χ0n) is 18.4. The number of epoxide rings is 1. The second kappa shape index (κ2) is 6.44. The summed E-state index contributed by atoms with van der Waals surface area (Å²) < 4.78 is 12.3. The molecule has 5 rings (SSSR count). The second-order valence-electron chi connectivity index (χ2n) is 12.0. The predicted molar refractivity (Wildman–Crippen MR) is 109 cm³/mol. The Bertz CT molecular complexity index is 648. The summed E-state index contributed by atoms with van der Waals surface area (Å²) in [5, 5.41) is 0. The second-order valence-corrected chi connectivity index (χ2v) is 12.0. The van der Waals surface area contributed by atoms with Crippen LogP contribution < -0.4 is 0 Å². The maximum absolute atomic E-state index is 13.0. The molecule has 0 amide bonds. The van der Waals surface area contributed by atoms with E-state index in [1.54, 1.807) is 0 Å². The number of fused-ring (bicyclic) bond motifs is 5. The van der Waals surface area contributed by atoms with Crippen LogP contribution in [-0.4, -0.2) is 48.3 Å². The quantitative estimate of drug-likeness (QED) is 0.526. The molecule has 0 aromatic carbocycles. The third-order valence-corrected chi connectivity index (χ3v) is 8.95. The van der Waals surface area contributed by atoms with Gasteiger partial charge in [-0.05, 0) is 68.7 Å². The molecule has 158 valence electrons. The highest BCUT2D eigenvalue weighted by Gasteiger charge is 2.67. The minimum absolute atomic E-state index is 0.0598. The Kier molecular flexibility index (Phi) is 4.45. The standard InChI is InChI=1S/C24H39NO3/c1-14-7-9-25(13-23(3,4)11-14)12-18-17-10-15(2)16-6-8-24(5)21(28-24)19(16)20(17)27-22(18)26/h14-21H,6-13H2,1-5H3/t14-,15+,16-,17-,18-,19+,20-,21-,24+/m0/s1. The molecule has 9 atom stereocenters. The van der Waals surface area contributed by atoms with Crippen LogP contribution in [0.4, 0.5) is 0 Å². The number of nitrogens with zero attached hydrogens (tertiary/aromatic N) is 1. The van der Waals surface area contributed by atoms with Crippen molar-refractivity contribution < 1.29 is 14.3 Å². The van der Waals surface area contributed by atoms with Crippen LogP contribution in [0.5, 0.6) is 0 Å². The van der Waals surface area contributed by atoms with Gasteiger partial charge in [0.15, 0.2) is 0 Å². The van der Waals surface area contributed by atoms with Crippen molar-refractivity contribution in [2.75, 3.05) is 19.6 Å².